The second-order valence-electron chi connectivity index (χ2n) is 5.29. The molecule has 1 N–H and O–H groups in total. The Labute approximate surface area is 147 Å². The number of pyridine rings is 1. The molecule has 1 aromatic carbocycles. The van der Waals surface area contributed by atoms with Crippen LogP contribution < -0.4 is 5.32 Å². The largest absolute Gasteiger partial charge is 0.325 e. The van der Waals surface area contributed by atoms with E-state index in [2.05, 4.69) is 15.3 Å². The molecule has 3 aromatic rings. The molecule has 0 saturated carbocycles. The lowest BCUT2D eigenvalue weighted by Crippen LogP contribution is -2.15. The fourth-order valence-electron chi connectivity index (χ4n) is 2.31. The maximum Gasteiger partial charge on any atom is 0.274 e. The third kappa shape index (κ3) is 3.86. The van der Waals surface area contributed by atoms with Crippen LogP contribution >= 0.6 is 11.3 Å². The highest BCUT2D eigenvalue weighted by Gasteiger charge is 2.16. The van der Waals surface area contributed by atoms with E-state index in [1.54, 1.807) is 25.3 Å². The smallest absolute Gasteiger partial charge is 0.274 e. The number of amides is 1. The second kappa shape index (κ2) is 7.18. The summed E-state index contributed by atoms with van der Waals surface area (Å²) in [7, 11) is 0. The first-order valence-electron chi connectivity index (χ1n) is 7.44. The number of aromatic nitrogens is 2. The summed E-state index contributed by atoms with van der Waals surface area (Å²) in [5.41, 5.74) is 2.22. The summed E-state index contributed by atoms with van der Waals surface area (Å²) in [5, 5.41) is 16.2. The van der Waals surface area contributed by atoms with Crippen LogP contribution in [0.3, 0.4) is 0 Å². The van der Waals surface area contributed by atoms with Crippen LogP contribution in [0, 0.1) is 17.0 Å². The molecule has 0 saturated heterocycles. The summed E-state index contributed by atoms with van der Waals surface area (Å²) in [4.78, 5) is 31.4. The molecule has 126 valence electrons. The molecule has 0 atom stereocenters. The van der Waals surface area contributed by atoms with Crippen molar-refractivity contribution >= 4 is 28.6 Å². The number of hydrogen-bond donors (Lipinski definition) is 1. The van der Waals surface area contributed by atoms with Crippen molar-refractivity contribution in [3.05, 3.63) is 69.3 Å². The van der Waals surface area contributed by atoms with E-state index >= 15 is 0 Å². The normalized spacial score (nSPS) is 10.4. The number of benzene rings is 1. The van der Waals surface area contributed by atoms with E-state index in [0.29, 0.717) is 16.9 Å². The Hall–Kier alpha value is -3.13. The van der Waals surface area contributed by atoms with Gasteiger partial charge in [-0.15, -0.1) is 11.3 Å². The van der Waals surface area contributed by atoms with Crippen LogP contribution in [0.25, 0.3) is 10.7 Å². The molecule has 0 aliphatic rings. The fraction of sp³-hybridized carbons (Fsp3) is 0.118. The minimum atomic E-state index is -0.468. The molecule has 1 amide bonds. The highest BCUT2D eigenvalue weighted by molar-refractivity contribution is 7.13. The van der Waals surface area contributed by atoms with E-state index in [-0.39, 0.29) is 18.0 Å². The van der Waals surface area contributed by atoms with E-state index in [1.807, 2.05) is 23.6 Å². The average molecular weight is 354 g/mol. The predicted octanol–water partition coefficient (Wildman–Crippen LogP) is 3.60. The number of nitro groups is 1. The molecule has 0 aliphatic heterocycles. The maximum absolute atomic E-state index is 12.2. The summed E-state index contributed by atoms with van der Waals surface area (Å²) in [5.74, 6) is -0.276. The van der Waals surface area contributed by atoms with Crippen molar-refractivity contribution in [3.8, 4) is 10.7 Å². The predicted molar refractivity (Wildman–Crippen MR) is 95.5 cm³/mol. The molecular formula is C17H14N4O3S. The second-order valence-corrected chi connectivity index (χ2v) is 6.15. The molecule has 3 rings (SSSR count). The Morgan fingerprint density at radius 3 is 2.84 bits per heavy atom. The van der Waals surface area contributed by atoms with Gasteiger partial charge in [0.1, 0.15) is 5.01 Å². The third-order valence-electron chi connectivity index (χ3n) is 3.55. The zero-order valence-corrected chi connectivity index (χ0v) is 14.1. The van der Waals surface area contributed by atoms with Crippen molar-refractivity contribution in [3.63, 3.8) is 0 Å². The number of thiazole rings is 1. The molecule has 0 radical (unpaired) electrons. The summed E-state index contributed by atoms with van der Waals surface area (Å²) >= 11 is 1.42. The van der Waals surface area contributed by atoms with Gasteiger partial charge in [0, 0.05) is 17.6 Å². The molecule has 2 aromatic heterocycles. The first kappa shape index (κ1) is 16.7. The van der Waals surface area contributed by atoms with Gasteiger partial charge >= 0.3 is 0 Å². The molecular weight excluding hydrogens is 340 g/mol. The van der Waals surface area contributed by atoms with Gasteiger partial charge in [-0.1, -0.05) is 12.1 Å². The molecule has 25 heavy (non-hydrogen) atoms. The van der Waals surface area contributed by atoms with E-state index in [9.17, 15) is 14.9 Å². The zero-order valence-electron chi connectivity index (χ0n) is 13.3. The van der Waals surface area contributed by atoms with Crippen LogP contribution in [0.2, 0.25) is 0 Å². The Morgan fingerprint density at radius 1 is 1.28 bits per heavy atom. The number of hydrogen-bond acceptors (Lipinski definition) is 6. The van der Waals surface area contributed by atoms with Crippen LogP contribution in [0.15, 0.2) is 48.0 Å². The maximum atomic E-state index is 12.2. The number of nitrogens with zero attached hydrogens (tertiary/aromatic N) is 3. The van der Waals surface area contributed by atoms with Crippen molar-refractivity contribution in [2.75, 3.05) is 5.32 Å². The lowest BCUT2D eigenvalue weighted by atomic mass is 10.1. The number of rotatable bonds is 5. The van der Waals surface area contributed by atoms with Crippen molar-refractivity contribution in [1.82, 2.24) is 9.97 Å². The SMILES string of the molecule is Cc1c(NC(=O)Cc2csc(-c3ccccn3)n2)cccc1[N+](=O)[O-]. The monoisotopic (exact) mass is 354 g/mol. The van der Waals surface area contributed by atoms with E-state index in [4.69, 9.17) is 0 Å². The van der Waals surface area contributed by atoms with Gasteiger partial charge < -0.3 is 5.32 Å². The Bertz CT molecular complexity index is 925. The van der Waals surface area contributed by atoms with Crippen LogP contribution in [0.1, 0.15) is 11.3 Å². The van der Waals surface area contributed by atoms with Gasteiger partial charge in [-0.25, -0.2) is 4.98 Å². The Balaban J connectivity index is 1.71. The Morgan fingerprint density at radius 2 is 2.12 bits per heavy atom. The number of anilines is 1. The summed E-state index contributed by atoms with van der Waals surface area (Å²) in [6.07, 6.45) is 1.78. The van der Waals surface area contributed by atoms with Gasteiger partial charge in [0.25, 0.3) is 5.69 Å². The van der Waals surface area contributed by atoms with Gasteiger partial charge in [-0.3, -0.25) is 19.9 Å². The minimum absolute atomic E-state index is 0.0242. The summed E-state index contributed by atoms with van der Waals surface area (Å²) in [6, 6.07) is 10.1. The van der Waals surface area contributed by atoms with E-state index < -0.39 is 4.92 Å². The lowest BCUT2D eigenvalue weighted by Gasteiger charge is -2.07. The molecule has 0 aliphatic carbocycles. The van der Waals surface area contributed by atoms with Crippen LogP contribution in [-0.2, 0) is 11.2 Å². The third-order valence-corrected chi connectivity index (χ3v) is 4.47. The number of nitro benzene ring substituents is 1. The highest BCUT2D eigenvalue weighted by atomic mass is 32.1. The van der Waals surface area contributed by atoms with Crippen molar-refractivity contribution in [2.45, 2.75) is 13.3 Å². The first-order chi connectivity index (χ1) is 12.0. The topological polar surface area (TPSA) is 98.0 Å². The van der Waals surface area contributed by atoms with E-state index in [0.717, 1.165) is 10.7 Å². The number of nitrogens with one attached hydrogen (secondary N) is 1. The molecule has 7 nitrogen and oxygen atoms in total. The number of carbonyl (C=O) groups excluding carboxylic acids is 1. The standard InChI is InChI=1S/C17H14N4O3S/c1-11-13(6-4-7-15(11)21(23)24)20-16(22)9-12-10-25-17(19-12)14-5-2-3-8-18-14/h2-8,10H,9H2,1H3,(H,20,22). The fourth-order valence-corrected chi connectivity index (χ4v) is 3.11. The first-order valence-corrected chi connectivity index (χ1v) is 8.32. The van der Waals surface area contributed by atoms with E-state index in [1.165, 1.54) is 17.4 Å². The number of carbonyl (C=O) groups is 1. The van der Waals surface area contributed by atoms with Crippen LogP contribution in [0.4, 0.5) is 11.4 Å². The summed E-state index contributed by atoms with van der Waals surface area (Å²) in [6.45, 7) is 1.61. The van der Waals surface area contributed by atoms with Gasteiger partial charge in [0.05, 0.1) is 34.0 Å². The van der Waals surface area contributed by atoms with Crippen molar-refractivity contribution in [1.29, 1.82) is 0 Å². The van der Waals surface area contributed by atoms with Crippen molar-refractivity contribution in [2.24, 2.45) is 0 Å². The van der Waals surface area contributed by atoms with Gasteiger partial charge in [-0.2, -0.15) is 0 Å². The quantitative estimate of drug-likeness (QED) is 0.557. The molecule has 0 bridgehead atoms. The average Bonchev–Trinajstić information content (AvgIpc) is 3.05. The molecule has 0 fully saturated rings. The van der Waals surface area contributed by atoms with Gasteiger partial charge in [-0.05, 0) is 25.1 Å². The summed E-state index contributed by atoms with van der Waals surface area (Å²) < 4.78 is 0. The molecule has 0 spiro atoms. The van der Waals surface area contributed by atoms with Crippen LogP contribution in [0.5, 0.6) is 0 Å². The van der Waals surface area contributed by atoms with Gasteiger partial charge in [0.15, 0.2) is 0 Å². The van der Waals surface area contributed by atoms with Crippen molar-refractivity contribution < 1.29 is 9.72 Å². The molecule has 2 heterocycles. The molecule has 0 unspecified atom stereocenters. The lowest BCUT2D eigenvalue weighted by molar-refractivity contribution is -0.385. The minimum Gasteiger partial charge on any atom is -0.325 e. The Kier molecular flexibility index (Phi) is 4.80. The highest BCUT2D eigenvalue weighted by Crippen LogP contribution is 2.25. The molecule has 8 heteroatoms. The van der Waals surface area contributed by atoms with Gasteiger partial charge in [0.2, 0.25) is 5.91 Å². The van der Waals surface area contributed by atoms with Crippen LogP contribution in [-0.4, -0.2) is 20.8 Å². The zero-order chi connectivity index (χ0) is 17.8.